The summed E-state index contributed by atoms with van der Waals surface area (Å²) >= 11 is 1.56. The number of thioether (sulfide) groups is 1. The Kier molecular flexibility index (Phi) is 4.89. The molecule has 0 radical (unpaired) electrons. The molecule has 6 heteroatoms. The molecule has 0 saturated heterocycles. The first kappa shape index (κ1) is 17.3. The van der Waals surface area contributed by atoms with E-state index in [1.807, 2.05) is 60.1 Å². The smallest absolute Gasteiger partial charge is 0.190 e. The molecule has 0 amide bonds. The topological polar surface area (TPSA) is 69.6 Å². The molecule has 2 aromatic heterocycles. The van der Waals surface area contributed by atoms with Crippen molar-refractivity contribution < 1.29 is 0 Å². The predicted molar refractivity (Wildman–Crippen MR) is 110 cm³/mol. The van der Waals surface area contributed by atoms with Crippen LogP contribution in [0.2, 0.25) is 0 Å². The van der Waals surface area contributed by atoms with Gasteiger partial charge in [0.05, 0.1) is 11.4 Å². The van der Waals surface area contributed by atoms with E-state index in [0.29, 0.717) is 16.7 Å². The van der Waals surface area contributed by atoms with Crippen molar-refractivity contribution in [3.63, 3.8) is 0 Å². The Balaban J connectivity index is 1.68. The summed E-state index contributed by atoms with van der Waals surface area (Å²) in [7, 11) is 0. The second-order valence-corrected chi connectivity index (χ2v) is 7.10. The average molecular weight is 373 g/mol. The van der Waals surface area contributed by atoms with Gasteiger partial charge in [-0.2, -0.15) is 5.10 Å². The lowest BCUT2D eigenvalue weighted by atomic mass is 10.1. The summed E-state index contributed by atoms with van der Waals surface area (Å²) in [5, 5.41) is 5.52. The molecule has 0 bridgehead atoms. The lowest BCUT2D eigenvalue weighted by Gasteiger charge is -2.03. The Bertz CT molecular complexity index is 1020. The number of hydrogen-bond acceptors (Lipinski definition) is 5. The van der Waals surface area contributed by atoms with Gasteiger partial charge >= 0.3 is 0 Å². The summed E-state index contributed by atoms with van der Waals surface area (Å²) in [5.74, 6) is 1.20. The molecule has 0 aliphatic heterocycles. The van der Waals surface area contributed by atoms with Crippen molar-refractivity contribution in [3.05, 3.63) is 84.2 Å². The van der Waals surface area contributed by atoms with Gasteiger partial charge in [0.2, 0.25) is 0 Å². The largest absolute Gasteiger partial charge is 0.384 e. The fourth-order valence-electron chi connectivity index (χ4n) is 2.84. The van der Waals surface area contributed by atoms with Gasteiger partial charge in [-0.25, -0.2) is 14.6 Å². The molecule has 2 N–H and O–H groups in total. The fraction of sp³-hybridized carbons (Fsp3) is 0.0952. The Morgan fingerprint density at radius 1 is 0.963 bits per heavy atom. The molecule has 27 heavy (non-hydrogen) atoms. The monoisotopic (exact) mass is 373 g/mol. The molecular weight excluding hydrogens is 354 g/mol. The van der Waals surface area contributed by atoms with Gasteiger partial charge in [0.25, 0.3) is 0 Å². The molecule has 2 heterocycles. The van der Waals surface area contributed by atoms with Gasteiger partial charge in [0.1, 0.15) is 5.82 Å². The van der Waals surface area contributed by atoms with Crippen molar-refractivity contribution in [2.45, 2.75) is 17.8 Å². The van der Waals surface area contributed by atoms with E-state index in [1.54, 1.807) is 17.8 Å². The van der Waals surface area contributed by atoms with Crippen molar-refractivity contribution >= 4 is 17.6 Å². The minimum atomic E-state index is 0.494. The van der Waals surface area contributed by atoms with Crippen LogP contribution in [0.3, 0.4) is 0 Å². The number of benzene rings is 2. The van der Waals surface area contributed by atoms with E-state index >= 15 is 0 Å². The standard InChI is InChI=1S/C21H19N5S/c1-15-12-19(22)24-21(23-15)27-14-17-13-26(18-10-6-3-7-11-18)25-20(17)16-8-4-2-5-9-16/h2-13H,14H2,1H3,(H2,22,23,24). The van der Waals surface area contributed by atoms with Crippen molar-refractivity contribution in [2.24, 2.45) is 0 Å². The van der Waals surface area contributed by atoms with Crippen LogP contribution in [0.1, 0.15) is 11.3 Å². The zero-order valence-electron chi connectivity index (χ0n) is 14.9. The summed E-state index contributed by atoms with van der Waals surface area (Å²) in [5.41, 5.74) is 10.9. The highest BCUT2D eigenvalue weighted by atomic mass is 32.2. The molecule has 134 valence electrons. The lowest BCUT2D eigenvalue weighted by Crippen LogP contribution is -1.96. The van der Waals surface area contributed by atoms with Crippen LogP contribution in [0, 0.1) is 6.92 Å². The quantitative estimate of drug-likeness (QED) is 0.412. The normalized spacial score (nSPS) is 10.9. The van der Waals surface area contributed by atoms with Gasteiger partial charge < -0.3 is 5.73 Å². The zero-order valence-corrected chi connectivity index (χ0v) is 15.7. The number of hydrogen-bond donors (Lipinski definition) is 1. The molecule has 4 aromatic rings. The van der Waals surface area contributed by atoms with Crippen LogP contribution in [0.5, 0.6) is 0 Å². The number of rotatable bonds is 5. The lowest BCUT2D eigenvalue weighted by molar-refractivity contribution is 0.884. The molecule has 0 fully saturated rings. The van der Waals surface area contributed by atoms with Gasteiger partial charge in [0.15, 0.2) is 5.16 Å². The number of nitrogens with zero attached hydrogens (tertiary/aromatic N) is 4. The Hall–Kier alpha value is -3.12. The SMILES string of the molecule is Cc1cc(N)nc(SCc2cn(-c3ccccc3)nc2-c2ccccc2)n1. The predicted octanol–water partition coefficient (Wildman–Crippen LogP) is 4.51. The molecule has 0 aliphatic carbocycles. The van der Waals surface area contributed by atoms with Crippen molar-refractivity contribution in [3.8, 4) is 16.9 Å². The second-order valence-electron chi connectivity index (χ2n) is 6.15. The Morgan fingerprint density at radius 3 is 2.37 bits per heavy atom. The van der Waals surface area contributed by atoms with E-state index in [2.05, 4.69) is 28.3 Å². The Labute approximate surface area is 162 Å². The second kappa shape index (κ2) is 7.63. The maximum atomic E-state index is 5.85. The zero-order chi connectivity index (χ0) is 18.6. The highest BCUT2D eigenvalue weighted by Gasteiger charge is 2.13. The van der Waals surface area contributed by atoms with Gasteiger partial charge in [-0.3, -0.25) is 0 Å². The fourth-order valence-corrected chi connectivity index (χ4v) is 3.71. The summed E-state index contributed by atoms with van der Waals surface area (Å²) in [6.07, 6.45) is 2.07. The molecule has 0 atom stereocenters. The minimum absolute atomic E-state index is 0.494. The molecule has 5 nitrogen and oxygen atoms in total. The van der Waals surface area contributed by atoms with Crippen LogP contribution in [0.15, 0.2) is 78.1 Å². The third kappa shape index (κ3) is 4.01. The molecule has 0 unspecified atom stereocenters. The first-order chi connectivity index (χ1) is 13.2. The van der Waals surface area contributed by atoms with Gasteiger partial charge in [0, 0.05) is 34.8 Å². The maximum absolute atomic E-state index is 5.85. The van der Waals surface area contributed by atoms with E-state index in [0.717, 1.165) is 28.2 Å². The van der Waals surface area contributed by atoms with Crippen molar-refractivity contribution in [1.82, 2.24) is 19.7 Å². The van der Waals surface area contributed by atoms with Gasteiger partial charge in [-0.1, -0.05) is 60.3 Å². The number of aryl methyl sites for hydroxylation is 1. The van der Waals surface area contributed by atoms with Crippen LogP contribution >= 0.6 is 11.8 Å². The first-order valence-corrected chi connectivity index (χ1v) is 9.61. The number of aromatic nitrogens is 4. The third-order valence-electron chi connectivity index (χ3n) is 4.07. The maximum Gasteiger partial charge on any atom is 0.190 e. The molecular formula is C21H19N5S. The van der Waals surface area contributed by atoms with Gasteiger partial charge in [-0.15, -0.1) is 0 Å². The van der Waals surface area contributed by atoms with Crippen LogP contribution in [0.25, 0.3) is 16.9 Å². The average Bonchev–Trinajstić information content (AvgIpc) is 3.11. The van der Waals surface area contributed by atoms with E-state index in [4.69, 9.17) is 10.8 Å². The molecule has 0 saturated carbocycles. The molecule has 2 aromatic carbocycles. The number of nitrogens with two attached hydrogens (primary N) is 1. The molecule has 0 aliphatic rings. The number of para-hydroxylation sites is 1. The van der Waals surface area contributed by atoms with Crippen molar-refractivity contribution in [2.75, 3.05) is 5.73 Å². The highest BCUT2D eigenvalue weighted by molar-refractivity contribution is 7.98. The van der Waals surface area contributed by atoms with Crippen molar-refractivity contribution in [1.29, 1.82) is 0 Å². The van der Waals surface area contributed by atoms with Crippen LogP contribution in [-0.2, 0) is 5.75 Å². The summed E-state index contributed by atoms with van der Waals surface area (Å²) in [6, 6.07) is 22.1. The highest BCUT2D eigenvalue weighted by Crippen LogP contribution is 2.29. The summed E-state index contributed by atoms with van der Waals surface area (Å²) in [6.45, 7) is 1.92. The summed E-state index contributed by atoms with van der Waals surface area (Å²) in [4.78, 5) is 8.78. The van der Waals surface area contributed by atoms with E-state index in [9.17, 15) is 0 Å². The van der Waals surface area contributed by atoms with E-state index in [1.165, 1.54) is 0 Å². The first-order valence-electron chi connectivity index (χ1n) is 8.62. The van der Waals surface area contributed by atoms with Gasteiger partial charge in [-0.05, 0) is 19.1 Å². The third-order valence-corrected chi connectivity index (χ3v) is 4.96. The molecule has 4 rings (SSSR count). The van der Waals surface area contributed by atoms with Crippen LogP contribution in [0.4, 0.5) is 5.82 Å². The Morgan fingerprint density at radius 2 is 1.67 bits per heavy atom. The van der Waals surface area contributed by atoms with E-state index in [-0.39, 0.29) is 0 Å². The van der Waals surface area contributed by atoms with Crippen LogP contribution in [-0.4, -0.2) is 19.7 Å². The van der Waals surface area contributed by atoms with E-state index < -0.39 is 0 Å². The minimum Gasteiger partial charge on any atom is -0.384 e. The van der Waals surface area contributed by atoms with Crippen LogP contribution < -0.4 is 5.73 Å². The summed E-state index contributed by atoms with van der Waals surface area (Å²) < 4.78 is 1.92. The number of nitrogen functional groups attached to an aromatic ring is 1. The number of anilines is 1. The molecule has 0 spiro atoms.